The van der Waals surface area contributed by atoms with E-state index >= 15 is 0 Å². The van der Waals surface area contributed by atoms with Crippen LogP contribution in [0.2, 0.25) is 0 Å². The van der Waals surface area contributed by atoms with E-state index in [0.29, 0.717) is 11.3 Å². The van der Waals surface area contributed by atoms with Crippen LogP contribution in [0.25, 0.3) is 22.3 Å². The van der Waals surface area contributed by atoms with Crippen LogP contribution < -0.4 is 14.9 Å². The maximum atomic E-state index is 13.0. The van der Waals surface area contributed by atoms with Crippen molar-refractivity contribution in [3.63, 3.8) is 0 Å². The van der Waals surface area contributed by atoms with E-state index in [-0.39, 0.29) is 33.8 Å². The average Bonchev–Trinajstić information content (AvgIpc) is 2.79. The molecule has 2 heterocycles. The molecule has 1 aromatic heterocycles. The molecule has 1 aliphatic heterocycles. The number of methoxy groups -OCH3 is 2. The topological polar surface area (TPSA) is 139 Å². The number of aromatic hydroxyl groups is 1. The van der Waals surface area contributed by atoms with Crippen molar-refractivity contribution in [2.75, 3.05) is 14.2 Å². The maximum absolute atomic E-state index is 13.0. The lowest BCUT2D eigenvalue weighted by atomic mass is 9.90. The summed E-state index contributed by atoms with van der Waals surface area (Å²) in [5.41, 5.74) is 0.0552. The van der Waals surface area contributed by atoms with E-state index in [2.05, 4.69) is 0 Å². The summed E-state index contributed by atoms with van der Waals surface area (Å²) in [4.78, 5) is 13.0. The zero-order valence-corrected chi connectivity index (χ0v) is 17.7. The van der Waals surface area contributed by atoms with E-state index in [1.165, 1.54) is 33.3 Å². The molecule has 4 rings (SSSR count). The summed E-state index contributed by atoms with van der Waals surface area (Å²) in [7, 11) is 2.88. The van der Waals surface area contributed by atoms with Crippen molar-refractivity contribution < 1.29 is 39.1 Å². The van der Waals surface area contributed by atoms with Crippen LogP contribution in [0.1, 0.15) is 18.6 Å². The molecular formula is C23H24O9. The summed E-state index contributed by atoms with van der Waals surface area (Å²) in [6, 6.07) is 9.34. The van der Waals surface area contributed by atoms with Gasteiger partial charge in [-0.05, 0) is 31.2 Å². The van der Waals surface area contributed by atoms with Crippen LogP contribution in [0.5, 0.6) is 17.2 Å². The first-order valence-electron chi connectivity index (χ1n) is 9.98. The third kappa shape index (κ3) is 3.59. The lowest BCUT2D eigenvalue weighted by molar-refractivity contribution is -0.219. The monoisotopic (exact) mass is 444 g/mol. The Balaban J connectivity index is 1.97. The number of hydrogen-bond acceptors (Lipinski definition) is 9. The molecule has 0 amide bonds. The van der Waals surface area contributed by atoms with Gasteiger partial charge in [0, 0.05) is 17.7 Å². The highest BCUT2D eigenvalue weighted by atomic mass is 16.5. The third-order valence-corrected chi connectivity index (χ3v) is 5.71. The fourth-order valence-electron chi connectivity index (χ4n) is 3.93. The molecule has 3 aromatic rings. The second kappa shape index (κ2) is 8.44. The lowest BCUT2D eigenvalue weighted by Gasteiger charge is -2.39. The summed E-state index contributed by atoms with van der Waals surface area (Å²) >= 11 is 0. The van der Waals surface area contributed by atoms with Gasteiger partial charge in [0.1, 0.15) is 52.8 Å². The van der Waals surface area contributed by atoms with Crippen LogP contribution in [0.4, 0.5) is 0 Å². The van der Waals surface area contributed by atoms with Crippen LogP contribution in [-0.4, -0.2) is 59.1 Å². The van der Waals surface area contributed by atoms with Crippen molar-refractivity contribution in [1.29, 1.82) is 0 Å². The van der Waals surface area contributed by atoms with Crippen molar-refractivity contribution in [3.05, 3.63) is 52.2 Å². The van der Waals surface area contributed by atoms with Crippen LogP contribution in [0.15, 0.2) is 45.6 Å². The van der Waals surface area contributed by atoms with Crippen LogP contribution >= 0.6 is 0 Å². The minimum atomic E-state index is -1.58. The number of rotatable bonds is 4. The molecule has 0 unspecified atom stereocenters. The molecule has 0 spiro atoms. The number of aliphatic hydroxyl groups is 3. The number of aliphatic hydroxyl groups excluding tert-OH is 3. The van der Waals surface area contributed by atoms with E-state index in [1.807, 2.05) is 0 Å². The highest BCUT2D eigenvalue weighted by molar-refractivity contribution is 5.90. The zero-order valence-electron chi connectivity index (χ0n) is 17.7. The van der Waals surface area contributed by atoms with Gasteiger partial charge in [-0.3, -0.25) is 4.79 Å². The van der Waals surface area contributed by atoms with Gasteiger partial charge >= 0.3 is 0 Å². The number of phenols is 1. The second-order valence-electron chi connectivity index (χ2n) is 7.65. The van der Waals surface area contributed by atoms with Gasteiger partial charge in [-0.15, -0.1) is 0 Å². The fraction of sp³-hybridized carbons (Fsp3) is 0.348. The third-order valence-electron chi connectivity index (χ3n) is 5.71. The Morgan fingerprint density at radius 3 is 2.25 bits per heavy atom. The Morgan fingerprint density at radius 1 is 0.938 bits per heavy atom. The summed E-state index contributed by atoms with van der Waals surface area (Å²) in [6.45, 7) is 1.52. The first-order valence-corrected chi connectivity index (χ1v) is 9.98. The molecule has 0 radical (unpaired) electrons. The first-order chi connectivity index (χ1) is 15.3. The summed E-state index contributed by atoms with van der Waals surface area (Å²) < 4.78 is 22.2. The highest BCUT2D eigenvalue weighted by Gasteiger charge is 2.44. The van der Waals surface area contributed by atoms with E-state index in [0.717, 1.165) is 0 Å². The van der Waals surface area contributed by atoms with Gasteiger partial charge in [0.15, 0.2) is 11.0 Å². The Morgan fingerprint density at radius 2 is 1.62 bits per heavy atom. The number of hydrogen-bond donors (Lipinski definition) is 4. The Bertz CT molecular complexity index is 1180. The summed E-state index contributed by atoms with van der Waals surface area (Å²) in [6.07, 6.45) is -6.57. The normalized spacial score (nSPS) is 25.6. The van der Waals surface area contributed by atoms with E-state index < -0.39 is 35.9 Å². The Kier molecular flexibility index (Phi) is 5.83. The van der Waals surface area contributed by atoms with Crippen molar-refractivity contribution in [1.82, 2.24) is 0 Å². The van der Waals surface area contributed by atoms with Gasteiger partial charge in [-0.25, -0.2) is 0 Å². The molecule has 0 saturated carbocycles. The van der Waals surface area contributed by atoms with Gasteiger partial charge in [0.2, 0.25) is 0 Å². The minimum absolute atomic E-state index is 0.0291. The molecule has 0 aliphatic carbocycles. The summed E-state index contributed by atoms with van der Waals surface area (Å²) in [5, 5.41) is 41.7. The molecule has 2 aromatic carbocycles. The largest absolute Gasteiger partial charge is 0.507 e. The fourth-order valence-corrected chi connectivity index (χ4v) is 3.93. The SMILES string of the molecule is COc1ccc(-c2cc(=O)c3c(OC)cc(O)c([C@@H]4O[C@@H](C)[C@H](O)[C@H](O)[C@H]4O)c3o2)cc1. The van der Waals surface area contributed by atoms with Crippen LogP contribution in [0, 0.1) is 0 Å². The van der Waals surface area contributed by atoms with Crippen molar-refractivity contribution in [3.8, 4) is 28.6 Å². The molecule has 32 heavy (non-hydrogen) atoms. The van der Waals surface area contributed by atoms with Crippen molar-refractivity contribution in [2.45, 2.75) is 37.4 Å². The van der Waals surface area contributed by atoms with E-state index in [9.17, 15) is 25.2 Å². The molecule has 4 N–H and O–H groups in total. The number of phenolic OH excluding ortho intramolecular Hbond substituents is 1. The van der Waals surface area contributed by atoms with Gasteiger partial charge < -0.3 is 39.1 Å². The van der Waals surface area contributed by atoms with Gasteiger partial charge in [-0.2, -0.15) is 0 Å². The van der Waals surface area contributed by atoms with E-state index in [1.54, 1.807) is 24.3 Å². The molecule has 1 fully saturated rings. The molecule has 0 bridgehead atoms. The number of fused-ring (bicyclic) bond motifs is 1. The van der Waals surface area contributed by atoms with Crippen molar-refractivity contribution >= 4 is 11.0 Å². The minimum Gasteiger partial charge on any atom is -0.507 e. The number of ether oxygens (including phenoxy) is 3. The van der Waals surface area contributed by atoms with Crippen molar-refractivity contribution in [2.24, 2.45) is 0 Å². The van der Waals surface area contributed by atoms with E-state index in [4.69, 9.17) is 18.6 Å². The lowest BCUT2D eigenvalue weighted by Crippen LogP contribution is -2.53. The Labute approximate surface area is 183 Å². The van der Waals surface area contributed by atoms with Gasteiger partial charge in [-0.1, -0.05) is 0 Å². The first kappa shape index (κ1) is 22.1. The molecule has 9 heteroatoms. The average molecular weight is 444 g/mol. The highest BCUT2D eigenvalue weighted by Crippen LogP contribution is 2.43. The molecule has 9 nitrogen and oxygen atoms in total. The number of benzene rings is 2. The van der Waals surface area contributed by atoms with Crippen LogP contribution in [-0.2, 0) is 4.74 Å². The second-order valence-corrected chi connectivity index (χ2v) is 7.65. The Hall–Kier alpha value is -3.11. The standard InChI is InChI=1S/C23H24O9/c1-10-19(26)20(27)21(28)23(31-10)18-14(25)9-16(30-3)17-13(24)8-15(32-22(17)18)11-4-6-12(29-2)7-5-11/h4-10,19-21,23,25-28H,1-3H3/t10-,19-,20-,21+,23-/m0/s1. The maximum Gasteiger partial charge on any atom is 0.197 e. The molecule has 170 valence electrons. The molecule has 1 aliphatic rings. The van der Waals surface area contributed by atoms with Crippen LogP contribution in [0.3, 0.4) is 0 Å². The predicted octanol–water partition coefficient (Wildman–Crippen LogP) is 1.73. The smallest absolute Gasteiger partial charge is 0.197 e. The quantitative estimate of drug-likeness (QED) is 0.474. The van der Waals surface area contributed by atoms with Gasteiger partial charge in [0.05, 0.1) is 25.9 Å². The predicted molar refractivity (Wildman–Crippen MR) is 114 cm³/mol. The summed E-state index contributed by atoms with van der Waals surface area (Å²) in [5.74, 6) is 0.551. The molecule has 1 saturated heterocycles. The van der Waals surface area contributed by atoms with Gasteiger partial charge in [0.25, 0.3) is 0 Å². The molecular weight excluding hydrogens is 420 g/mol. The zero-order chi connectivity index (χ0) is 23.2. The molecule has 5 atom stereocenters.